The van der Waals surface area contributed by atoms with Crippen LogP contribution in [0.3, 0.4) is 0 Å². The van der Waals surface area contributed by atoms with Crippen LogP contribution in [0.15, 0.2) is 23.1 Å². The van der Waals surface area contributed by atoms with Crippen LogP contribution in [0.1, 0.15) is 18.1 Å². The van der Waals surface area contributed by atoms with E-state index in [0.29, 0.717) is 18.2 Å². The van der Waals surface area contributed by atoms with Crippen LogP contribution < -0.4 is 4.72 Å². The van der Waals surface area contributed by atoms with Gasteiger partial charge in [0, 0.05) is 0 Å². The number of carboxylic acid groups (broad SMARTS) is 1. The van der Waals surface area contributed by atoms with Gasteiger partial charge in [-0.15, -0.1) is 0 Å². The second kappa shape index (κ2) is 5.71. The molecule has 0 saturated carbocycles. The normalized spacial score (nSPS) is 13.5. The van der Waals surface area contributed by atoms with Gasteiger partial charge in [0.1, 0.15) is 12.1 Å². The first kappa shape index (κ1) is 16.9. The van der Waals surface area contributed by atoms with E-state index in [9.17, 15) is 26.4 Å². The van der Waals surface area contributed by atoms with Crippen molar-refractivity contribution >= 4 is 16.0 Å². The molecule has 0 fully saturated rings. The molecule has 114 valence electrons. The summed E-state index contributed by atoms with van der Waals surface area (Å²) < 4.78 is 63.0. The summed E-state index contributed by atoms with van der Waals surface area (Å²) in [6, 6.07) is 1.35. The molecular weight excluding hydrogens is 313 g/mol. The molecular formula is C11H9F3N2O4S. The van der Waals surface area contributed by atoms with Crippen LogP contribution in [0.25, 0.3) is 0 Å². The number of rotatable bonds is 4. The van der Waals surface area contributed by atoms with Crippen molar-refractivity contribution in [1.29, 1.82) is 5.26 Å². The lowest BCUT2D eigenvalue weighted by Gasteiger charge is -2.13. The first-order chi connectivity index (χ1) is 9.49. The minimum Gasteiger partial charge on any atom is -0.480 e. The van der Waals surface area contributed by atoms with E-state index < -0.39 is 44.2 Å². The van der Waals surface area contributed by atoms with Crippen molar-refractivity contribution in [3.05, 3.63) is 29.3 Å². The van der Waals surface area contributed by atoms with Crippen molar-refractivity contribution < 1.29 is 31.5 Å². The lowest BCUT2D eigenvalue weighted by atomic mass is 10.1. The lowest BCUT2D eigenvalue weighted by molar-refractivity contribution is -0.139. The molecule has 6 nitrogen and oxygen atoms in total. The molecule has 0 bridgehead atoms. The summed E-state index contributed by atoms with van der Waals surface area (Å²) in [5, 5.41) is 17.4. The highest BCUT2D eigenvalue weighted by Crippen LogP contribution is 2.31. The van der Waals surface area contributed by atoms with E-state index in [1.165, 1.54) is 6.07 Å². The van der Waals surface area contributed by atoms with Gasteiger partial charge in [0.05, 0.1) is 16.0 Å². The van der Waals surface area contributed by atoms with Crippen molar-refractivity contribution in [2.75, 3.05) is 0 Å². The third kappa shape index (κ3) is 3.93. The maximum absolute atomic E-state index is 12.5. The molecule has 2 N–H and O–H groups in total. The molecule has 0 aliphatic rings. The molecule has 0 aromatic heterocycles. The number of alkyl halides is 3. The van der Waals surface area contributed by atoms with Crippen molar-refractivity contribution in [1.82, 2.24) is 4.72 Å². The number of nitrogens with zero attached hydrogens (tertiary/aromatic N) is 1. The minimum absolute atomic E-state index is 0.389. The second-order valence-corrected chi connectivity index (χ2v) is 5.68. The topological polar surface area (TPSA) is 107 Å². The van der Waals surface area contributed by atoms with Gasteiger partial charge in [0.15, 0.2) is 0 Å². The lowest BCUT2D eigenvalue weighted by Crippen LogP contribution is -2.38. The largest absolute Gasteiger partial charge is 0.480 e. The Morgan fingerprint density at radius 2 is 2.00 bits per heavy atom. The maximum atomic E-state index is 12.5. The van der Waals surface area contributed by atoms with E-state index in [1.54, 1.807) is 4.72 Å². The van der Waals surface area contributed by atoms with Gasteiger partial charge >= 0.3 is 12.1 Å². The van der Waals surface area contributed by atoms with Gasteiger partial charge in [-0.3, -0.25) is 4.79 Å². The van der Waals surface area contributed by atoms with Crippen LogP contribution in [0, 0.1) is 11.3 Å². The highest BCUT2D eigenvalue weighted by molar-refractivity contribution is 7.89. The smallest absolute Gasteiger partial charge is 0.416 e. The van der Waals surface area contributed by atoms with Gasteiger partial charge in [-0.05, 0) is 25.1 Å². The number of hydrogen-bond acceptors (Lipinski definition) is 4. The minimum atomic E-state index is -4.73. The van der Waals surface area contributed by atoms with Crippen molar-refractivity contribution in [2.45, 2.75) is 24.0 Å². The molecule has 0 heterocycles. The average Bonchev–Trinajstić information content (AvgIpc) is 2.36. The van der Waals surface area contributed by atoms with Crippen LogP contribution in [-0.2, 0) is 21.0 Å². The van der Waals surface area contributed by atoms with Gasteiger partial charge in [0.25, 0.3) is 0 Å². The number of carboxylic acids is 1. The van der Waals surface area contributed by atoms with Gasteiger partial charge in [-0.25, -0.2) is 8.42 Å². The summed E-state index contributed by atoms with van der Waals surface area (Å²) >= 11 is 0. The summed E-state index contributed by atoms with van der Waals surface area (Å²) in [5.74, 6) is -1.47. The summed E-state index contributed by atoms with van der Waals surface area (Å²) in [5.41, 5.74) is -1.90. The average molecular weight is 322 g/mol. The van der Waals surface area contributed by atoms with Crippen molar-refractivity contribution in [3.63, 3.8) is 0 Å². The molecule has 1 rings (SSSR count). The fourth-order valence-electron chi connectivity index (χ4n) is 1.37. The van der Waals surface area contributed by atoms with Crippen LogP contribution in [0.2, 0.25) is 0 Å². The number of nitriles is 1. The zero-order valence-corrected chi connectivity index (χ0v) is 11.3. The fourth-order valence-corrected chi connectivity index (χ4v) is 2.71. The molecule has 1 atom stereocenters. The van der Waals surface area contributed by atoms with Gasteiger partial charge in [0.2, 0.25) is 10.0 Å². The number of halogens is 3. The van der Waals surface area contributed by atoms with E-state index in [-0.39, 0.29) is 0 Å². The molecule has 0 aliphatic heterocycles. The van der Waals surface area contributed by atoms with E-state index in [1.807, 2.05) is 0 Å². The van der Waals surface area contributed by atoms with Crippen LogP contribution >= 0.6 is 0 Å². The molecule has 1 unspecified atom stereocenters. The zero-order chi connectivity index (χ0) is 16.4. The van der Waals surface area contributed by atoms with Crippen LogP contribution in [-0.4, -0.2) is 25.5 Å². The zero-order valence-electron chi connectivity index (χ0n) is 10.5. The number of benzene rings is 1. The first-order valence-electron chi connectivity index (χ1n) is 5.35. The molecule has 21 heavy (non-hydrogen) atoms. The van der Waals surface area contributed by atoms with E-state index in [4.69, 9.17) is 10.4 Å². The van der Waals surface area contributed by atoms with E-state index >= 15 is 0 Å². The Balaban J connectivity index is 3.32. The highest BCUT2D eigenvalue weighted by Gasteiger charge is 2.32. The Morgan fingerprint density at radius 1 is 1.43 bits per heavy atom. The Morgan fingerprint density at radius 3 is 2.43 bits per heavy atom. The van der Waals surface area contributed by atoms with E-state index in [0.717, 1.165) is 6.92 Å². The van der Waals surface area contributed by atoms with Gasteiger partial charge < -0.3 is 5.11 Å². The second-order valence-electron chi connectivity index (χ2n) is 4.00. The molecule has 10 heteroatoms. The molecule has 1 aromatic carbocycles. The molecule has 0 amide bonds. The van der Waals surface area contributed by atoms with Crippen LogP contribution in [0.5, 0.6) is 0 Å². The predicted octanol–water partition coefficient (Wildman–Crippen LogP) is 1.33. The molecule has 0 radical (unpaired) electrons. The van der Waals surface area contributed by atoms with E-state index in [2.05, 4.69) is 0 Å². The number of carbonyl (C=O) groups is 1. The fraction of sp³-hybridized carbons (Fsp3) is 0.273. The quantitative estimate of drug-likeness (QED) is 0.869. The summed E-state index contributed by atoms with van der Waals surface area (Å²) in [6.07, 6.45) is -4.73. The molecule has 0 saturated heterocycles. The number of sulfonamides is 1. The maximum Gasteiger partial charge on any atom is 0.416 e. The number of nitrogens with one attached hydrogen (secondary N) is 1. The van der Waals surface area contributed by atoms with Crippen LogP contribution in [0.4, 0.5) is 13.2 Å². The summed E-state index contributed by atoms with van der Waals surface area (Å²) in [7, 11) is -4.43. The Labute approximate surface area is 117 Å². The molecule has 0 spiro atoms. The third-order valence-electron chi connectivity index (χ3n) is 2.42. The SMILES string of the molecule is CC(NS(=O)(=O)c1ccc(C(F)(F)F)cc1C#N)C(=O)O. The van der Waals surface area contributed by atoms with Crippen molar-refractivity contribution in [2.24, 2.45) is 0 Å². The third-order valence-corrected chi connectivity index (χ3v) is 4.02. The monoisotopic (exact) mass is 322 g/mol. The number of hydrogen-bond donors (Lipinski definition) is 2. The van der Waals surface area contributed by atoms with Gasteiger partial charge in [-0.1, -0.05) is 0 Å². The standard InChI is InChI=1S/C11H9F3N2O4S/c1-6(10(17)18)16-21(19,20)9-3-2-8(11(12,13)14)4-7(9)5-15/h2-4,6,16H,1H3,(H,17,18). The number of aliphatic carboxylic acids is 1. The Hall–Kier alpha value is -2.12. The summed E-state index contributed by atoms with van der Waals surface area (Å²) in [4.78, 5) is 9.89. The van der Waals surface area contributed by atoms with Crippen molar-refractivity contribution in [3.8, 4) is 6.07 Å². The van der Waals surface area contributed by atoms with Gasteiger partial charge in [-0.2, -0.15) is 23.2 Å². The first-order valence-corrected chi connectivity index (χ1v) is 6.84. The molecule has 1 aromatic rings. The predicted molar refractivity (Wildman–Crippen MR) is 63.6 cm³/mol. The Bertz CT molecular complexity index is 707. The molecule has 0 aliphatic carbocycles. The summed E-state index contributed by atoms with van der Waals surface area (Å²) in [6.45, 7) is 1.04. The highest BCUT2D eigenvalue weighted by atomic mass is 32.2. The Kier molecular flexibility index (Phi) is 4.60.